The van der Waals surface area contributed by atoms with Crippen LogP contribution in [0.4, 0.5) is 0 Å². The molecule has 0 unspecified atom stereocenters. The third kappa shape index (κ3) is 1.10. The van der Waals surface area contributed by atoms with Crippen LogP contribution in [0.2, 0.25) is 0 Å². The Morgan fingerprint density at radius 1 is 1.28 bits per heavy atom. The number of nitrogens with one attached hydrogen (secondary N) is 1. The second-order valence-electron chi connectivity index (χ2n) is 4.81. The van der Waals surface area contributed by atoms with E-state index in [0.717, 1.165) is 29.4 Å². The van der Waals surface area contributed by atoms with Crippen molar-refractivity contribution in [1.29, 1.82) is 0 Å². The topological polar surface area (TPSA) is 57.5 Å². The van der Waals surface area contributed by atoms with Gasteiger partial charge in [0.2, 0.25) is 0 Å². The molecule has 0 aliphatic carbocycles. The number of aromatic nitrogens is 2. The molecule has 0 atom stereocenters. The Hall–Kier alpha value is -2.07. The minimum absolute atomic E-state index is 0.00153. The highest BCUT2D eigenvalue weighted by atomic mass is 16.3. The van der Waals surface area contributed by atoms with Gasteiger partial charge in [-0.3, -0.25) is 4.79 Å². The Morgan fingerprint density at radius 3 is 3.00 bits per heavy atom. The molecule has 2 N–H and O–H groups in total. The number of benzene rings is 1. The average molecular weight is 240 g/mol. The summed E-state index contributed by atoms with van der Waals surface area (Å²) in [6.07, 6.45) is 1.89. The van der Waals surface area contributed by atoms with Crippen molar-refractivity contribution in [2.75, 3.05) is 0 Å². The van der Waals surface area contributed by atoms with Gasteiger partial charge in [0.05, 0.1) is 17.6 Å². The zero-order chi connectivity index (χ0) is 12.3. The molecule has 0 spiro atoms. The monoisotopic (exact) mass is 240 g/mol. The summed E-state index contributed by atoms with van der Waals surface area (Å²) < 4.78 is 2.05. The van der Waals surface area contributed by atoms with E-state index >= 15 is 0 Å². The third-order valence-corrected chi connectivity index (χ3v) is 3.75. The first-order chi connectivity index (χ1) is 8.78. The summed E-state index contributed by atoms with van der Waals surface area (Å²) in [5.41, 5.74) is 5.75. The molecule has 0 amide bonds. The smallest absolute Gasteiger partial charge is 0.272 e. The van der Waals surface area contributed by atoms with Gasteiger partial charge in [0.1, 0.15) is 5.52 Å². The number of hydrogen-bond donors (Lipinski definition) is 2. The first-order valence-corrected chi connectivity index (χ1v) is 6.07. The first kappa shape index (κ1) is 9.91. The van der Waals surface area contributed by atoms with Crippen LogP contribution in [-0.4, -0.2) is 14.5 Å². The molecule has 18 heavy (non-hydrogen) atoms. The summed E-state index contributed by atoms with van der Waals surface area (Å²) >= 11 is 0. The minimum atomic E-state index is -0.0725. The Morgan fingerprint density at radius 2 is 2.17 bits per heavy atom. The van der Waals surface area contributed by atoms with Gasteiger partial charge in [-0.2, -0.15) is 0 Å². The highest BCUT2D eigenvalue weighted by Crippen LogP contribution is 2.27. The Balaban J connectivity index is 2.33. The number of aliphatic hydroxyl groups excluding tert-OH is 1. The molecule has 2 aromatic heterocycles. The fourth-order valence-corrected chi connectivity index (χ4v) is 2.97. The van der Waals surface area contributed by atoms with Crippen LogP contribution >= 0.6 is 0 Å². The van der Waals surface area contributed by atoms with Crippen LogP contribution in [-0.2, 0) is 19.4 Å². The van der Waals surface area contributed by atoms with Gasteiger partial charge in [0.15, 0.2) is 0 Å². The van der Waals surface area contributed by atoms with E-state index < -0.39 is 0 Å². The molecule has 1 aliphatic heterocycles. The Labute approximate surface area is 102 Å². The molecule has 90 valence electrons. The molecule has 0 fully saturated rings. The fraction of sp³-hybridized carbons (Fsp3) is 0.214. The number of aryl methyl sites for hydroxylation is 2. The number of nitrogens with zero attached hydrogens (tertiary/aromatic N) is 1. The molecule has 1 aliphatic rings. The third-order valence-electron chi connectivity index (χ3n) is 3.75. The maximum absolute atomic E-state index is 12.0. The van der Waals surface area contributed by atoms with Gasteiger partial charge in [-0.1, -0.05) is 6.07 Å². The lowest BCUT2D eigenvalue weighted by Crippen LogP contribution is -2.15. The highest BCUT2D eigenvalue weighted by molar-refractivity contribution is 5.83. The first-order valence-electron chi connectivity index (χ1n) is 6.07. The largest absolute Gasteiger partial charge is 0.392 e. The number of rotatable bonds is 1. The standard InChI is InChI=1S/C14H12N2O2/c17-7-8-5-9-1-2-10-3-4-12-14(18)15-11(6-8)13(9)16(10)12/h3-6,17H,1-2,7H2,(H,15,18). The fourth-order valence-electron chi connectivity index (χ4n) is 2.97. The van der Waals surface area contributed by atoms with E-state index in [4.69, 9.17) is 0 Å². The number of hydrogen-bond acceptors (Lipinski definition) is 2. The van der Waals surface area contributed by atoms with E-state index in [1.807, 2.05) is 28.7 Å². The van der Waals surface area contributed by atoms with Gasteiger partial charge >= 0.3 is 0 Å². The lowest BCUT2D eigenvalue weighted by Gasteiger charge is -2.17. The second kappa shape index (κ2) is 3.23. The van der Waals surface area contributed by atoms with Gasteiger partial charge < -0.3 is 14.5 Å². The zero-order valence-corrected chi connectivity index (χ0v) is 9.73. The van der Waals surface area contributed by atoms with E-state index in [2.05, 4.69) is 4.98 Å². The second-order valence-corrected chi connectivity index (χ2v) is 4.81. The predicted molar refractivity (Wildman–Crippen MR) is 68.9 cm³/mol. The van der Waals surface area contributed by atoms with Crippen molar-refractivity contribution in [3.63, 3.8) is 0 Å². The van der Waals surface area contributed by atoms with E-state index in [0.29, 0.717) is 5.52 Å². The summed E-state index contributed by atoms with van der Waals surface area (Å²) in [7, 11) is 0. The van der Waals surface area contributed by atoms with Crippen LogP contribution in [0.25, 0.3) is 16.6 Å². The molecule has 4 rings (SSSR count). The van der Waals surface area contributed by atoms with Gasteiger partial charge in [-0.25, -0.2) is 0 Å². The van der Waals surface area contributed by atoms with Crippen molar-refractivity contribution in [2.45, 2.75) is 19.4 Å². The van der Waals surface area contributed by atoms with Gasteiger partial charge in [-0.05, 0) is 42.2 Å². The molecule has 4 nitrogen and oxygen atoms in total. The highest BCUT2D eigenvalue weighted by Gasteiger charge is 2.17. The van der Waals surface area contributed by atoms with E-state index in [1.54, 1.807) is 0 Å². The molecule has 3 heterocycles. The van der Waals surface area contributed by atoms with E-state index in [1.165, 1.54) is 11.3 Å². The summed E-state index contributed by atoms with van der Waals surface area (Å²) in [6, 6.07) is 7.79. The minimum Gasteiger partial charge on any atom is -0.392 e. The lowest BCUT2D eigenvalue weighted by molar-refractivity contribution is 0.282. The molecule has 1 aromatic carbocycles. The van der Waals surface area contributed by atoms with Crippen molar-refractivity contribution >= 4 is 16.6 Å². The maximum Gasteiger partial charge on any atom is 0.272 e. The van der Waals surface area contributed by atoms with Crippen molar-refractivity contribution in [3.05, 3.63) is 51.4 Å². The average Bonchev–Trinajstić information content (AvgIpc) is 2.82. The van der Waals surface area contributed by atoms with E-state index in [-0.39, 0.29) is 12.2 Å². The summed E-state index contributed by atoms with van der Waals surface area (Å²) in [6.45, 7) is 0.00153. The van der Waals surface area contributed by atoms with Crippen molar-refractivity contribution in [2.24, 2.45) is 0 Å². The van der Waals surface area contributed by atoms with Crippen molar-refractivity contribution in [1.82, 2.24) is 9.38 Å². The SMILES string of the molecule is O=c1[nH]c2cc(CO)cc3c2n2c(ccc12)CC3. The zero-order valence-electron chi connectivity index (χ0n) is 9.73. The van der Waals surface area contributed by atoms with Crippen LogP contribution in [0.15, 0.2) is 29.1 Å². The summed E-state index contributed by atoms with van der Waals surface area (Å²) in [5, 5.41) is 9.28. The van der Waals surface area contributed by atoms with Crippen molar-refractivity contribution < 1.29 is 5.11 Å². The summed E-state index contributed by atoms with van der Waals surface area (Å²) in [5.74, 6) is 0. The number of H-pyrrole nitrogens is 1. The maximum atomic E-state index is 12.0. The quantitative estimate of drug-likeness (QED) is 0.675. The Bertz CT molecular complexity index is 842. The molecule has 0 bridgehead atoms. The van der Waals surface area contributed by atoms with Crippen LogP contribution < -0.4 is 5.56 Å². The van der Waals surface area contributed by atoms with Gasteiger partial charge in [-0.15, -0.1) is 0 Å². The predicted octanol–water partition coefficient (Wildman–Crippen LogP) is 1.37. The summed E-state index contributed by atoms with van der Waals surface area (Å²) in [4.78, 5) is 14.9. The normalized spacial score (nSPS) is 13.8. The van der Waals surface area contributed by atoms with Crippen LogP contribution in [0.1, 0.15) is 16.8 Å². The molecule has 3 aromatic rings. The number of aliphatic hydroxyl groups is 1. The molecular formula is C14H12N2O2. The van der Waals surface area contributed by atoms with E-state index in [9.17, 15) is 9.90 Å². The van der Waals surface area contributed by atoms with Gasteiger partial charge in [0.25, 0.3) is 5.56 Å². The van der Waals surface area contributed by atoms with Crippen LogP contribution in [0.5, 0.6) is 0 Å². The van der Waals surface area contributed by atoms with Crippen LogP contribution in [0.3, 0.4) is 0 Å². The molecular weight excluding hydrogens is 228 g/mol. The van der Waals surface area contributed by atoms with Crippen molar-refractivity contribution in [3.8, 4) is 0 Å². The van der Waals surface area contributed by atoms with Gasteiger partial charge in [0, 0.05) is 5.69 Å². The number of aromatic amines is 1. The molecule has 0 saturated carbocycles. The molecule has 0 radical (unpaired) electrons. The Kier molecular flexibility index (Phi) is 1.78. The molecule has 4 heteroatoms. The lowest BCUT2D eigenvalue weighted by atomic mass is 10.0. The van der Waals surface area contributed by atoms with Crippen LogP contribution in [0, 0.1) is 0 Å². The molecule has 0 saturated heterocycles.